The van der Waals surface area contributed by atoms with E-state index in [1.54, 1.807) is 18.3 Å². The zero-order valence-corrected chi connectivity index (χ0v) is 18.1. The number of rotatable bonds is 5. The summed E-state index contributed by atoms with van der Waals surface area (Å²) >= 11 is 6.11. The Hall–Kier alpha value is -3.05. The van der Waals surface area contributed by atoms with Crippen molar-refractivity contribution in [1.82, 2.24) is 10.3 Å². The van der Waals surface area contributed by atoms with Crippen LogP contribution in [0.25, 0.3) is 11.1 Å². The van der Waals surface area contributed by atoms with Crippen LogP contribution in [0.5, 0.6) is 0 Å². The molecule has 0 saturated heterocycles. The molecule has 0 radical (unpaired) electrons. The summed E-state index contributed by atoms with van der Waals surface area (Å²) in [7, 11) is 0. The summed E-state index contributed by atoms with van der Waals surface area (Å²) in [5.74, 6) is 0. The molecule has 1 atom stereocenters. The normalized spacial score (nSPS) is 12.3. The summed E-state index contributed by atoms with van der Waals surface area (Å²) in [5.41, 5.74) is 9.63. The lowest BCUT2D eigenvalue weighted by atomic mass is 10.0. The fraction of sp³-hybridized carbons (Fsp3) is 0.250. The Kier molecular flexibility index (Phi) is 6.63. The van der Waals surface area contributed by atoms with Crippen LogP contribution in [0.2, 0.25) is 5.02 Å². The van der Waals surface area contributed by atoms with Crippen molar-refractivity contribution in [1.29, 1.82) is 0 Å². The summed E-state index contributed by atoms with van der Waals surface area (Å²) in [6.07, 6.45) is 1.85. The van der Waals surface area contributed by atoms with Gasteiger partial charge in [-0.2, -0.15) is 0 Å². The highest BCUT2D eigenvalue weighted by atomic mass is 35.5. The first-order chi connectivity index (χ1) is 14.2. The lowest BCUT2D eigenvalue weighted by Crippen LogP contribution is -2.36. The fourth-order valence-corrected chi connectivity index (χ4v) is 3.25. The minimum absolute atomic E-state index is 0.340. The minimum atomic E-state index is -0.581. The first-order valence-electron chi connectivity index (χ1n) is 9.76. The van der Waals surface area contributed by atoms with Crippen molar-refractivity contribution in [2.75, 3.05) is 5.73 Å². The number of carbonyl (C=O) groups excluding carboxylic acids is 1. The molecule has 5 nitrogen and oxygen atoms in total. The summed E-state index contributed by atoms with van der Waals surface area (Å²) in [5, 5.41) is 3.56. The van der Waals surface area contributed by atoms with Crippen LogP contribution in [-0.4, -0.2) is 16.7 Å². The van der Waals surface area contributed by atoms with Gasteiger partial charge in [-0.15, -0.1) is 0 Å². The third kappa shape index (κ3) is 5.97. The van der Waals surface area contributed by atoms with Crippen molar-refractivity contribution in [3.05, 3.63) is 83.1 Å². The van der Waals surface area contributed by atoms with Gasteiger partial charge in [0.25, 0.3) is 0 Å². The van der Waals surface area contributed by atoms with Gasteiger partial charge in [-0.3, -0.25) is 4.98 Å². The molecule has 0 aliphatic heterocycles. The number of nitrogen functional groups attached to an aromatic ring is 1. The van der Waals surface area contributed by atoms with Crippen molar-refractivity contribution >= 4 is 23.4 Å². The largest absolute Gasteiger partial charge is 0.444 e. The molecule has 0 bridgehead atoms. The lowest BCUT2D eigenvalue weighted by molar-refractivity contribution is 0.0502. The van der Waals surface area contributed by atoms with E-state index < -0.39 is 11.7 Å². The van der Waals surface area contributed by atoms with E-state index in [9.17, 15) is 4.79 Å². The Morgan fingerprint density at radius 2 is 1.87 bits per heavy atom. The molecule has 6 heteroatoms. The van der Waals surface area contributed by atoms with Gasteiger partial charge in [0.1, 0.15) is 5.60 Å². The van der Waals surface area contributed by atoms with Gasteiger partial charge in [-0.25, -0.2) is 4.79 Å². The Morgan fingerprint density at radius 1 is 1.13 bits per heavy atom. The van der Waals surface area contributed by atoms with E-state index in [-0.39, 0.29) is 6.04 Å². The number of nitrogens with zero attached hydrogens (tertiary/aromatic N) is 1. The standard InChI is InChI=1S/C24H26ClN3O2/c1-24(2,3)30-23(29)28-22(13-16-7-5-4-6-8-16)21-12-9-17(15-27-21)19-14-18(25)10-11-20(19)26/h4-12,14-15,22H,13,26H2,1-3H3,(H,28,29). The molecule has 3 aromatic rings. The predicted molar refractivity (Wildman–Crippen MR) is 121 cm³/mol. The zero-order valence-electron chi connectivity index (χ0n) is 17.4. The Labute approximate surface area is 182 Å². The number of amides is 1. The maximum Gasteiger partial charge on any atom is 0.408 e. The lowest BCUT2D eigenvalue weighted by Gasteiger charge is -2.23. The second-order valence-electron chi connectivity index (χ2n) is 8.09. The molecule has 2 aromatic carbocycles. The summed E-state index contributed by atoms with van der Waals surface area (Å²) in [6, 6.07) is 18.8. The van der Waals surface area contributed by atoms with E-state index >= 15 is 0 Å². The van der Waals surface area contributed by atoms with E-state index in [1.807, 2.05) is 69.3 Å². The molecule has 1 aromatic heterocycles. The number of nitrogens with one attached hydrogen (secondary N) is 1. The van der Waals surface area contributed by atoms with E-state index in [0.29, 0.717) is 17.1 Å². The first kappa shape index (κ1) is 21.7. The fourth-order valence-electron chi connectivity index (χ4n) is 3.08. The number of ether oxygens (including phenoxy) is 1. The van der Waals surface area contributed by atoms with Gasteiger partial charge in [-0.1, -0.05) is 48.0 Å². The highest BCUT2D eigenvalue weighted by molar-refractivity contribution is 6.31. The van der Waals surface area contributed by atoms with Crippen LogP contribution in [0.3, 0.4) is 0 Å². The maximum absolute atomic E-state index is 12.4. The van der Waals surface area contributed by atoms with Crippen molar-refractivity contribution < 1.29 is 9.53 Å². The number of aromatic nitrogens is 1. The number of hydrogen-bond donors (Lipinski definition) is 2. The number of hydrogen-bond acceptors (Lipinski definition) is 4. The topological polar surface area (TPSA) is 77.2 Å². The van der Waals surface area contributed by atoms with Gasteiger partial charge in [0.05, 0.1) is 11.7 Å². The van der Waals surface area contributed by atoms with E-state index in [1.165, 1.54) is 0 Å². The SMILES string of the molecule is CC(C)(C)OC(=O)NC(Cc1ccccc1)c1ccc(-c2cc(Cl)ccc2N)cn1. The van der Waals surface area contributed by atoms with Crippen LogP contribution in [0, 0.1) is 0 Å². The molecule has 1 amide bonds. The first-order valence-corrected chi connectivity index (χ1v) is 10.1. The third-order valence-electron chi connectivity index (χ3n) is 4.44. The van der Waals surface area contributed by atoms with Gasteiger partial charge in [0, 0.05) is 28.0 Å². The number of benzene rings is 2. The molecular formula is C24H26ClN3O2. The Bertz CT molecular complexity index is 999. The highest BCUT2D eigenvalue weighted by Gasteiger charge is 2.22. The number of alkyl carbamates (subject to hydrolysis) is 1. The number of anilines is 1. The van der Waals surface area contributed by atoms with E-state index in [0.717, 1.165) is 22.4 Å². The molecule has 1 unspecified atom stereocenters. The van der Waals surface area contributed by atoms with Crippen molar-refractivity contribution in [2.24, 2.45) is 0 Å². The van der Waals surface area contributed by atoms with Gasteiger partial charge >= 0.3 is 6.09 Å². The second kappa shape index (κ2) is 9.18. The molecule has 0 spiro atoms. The summed E-state index contributed by atoms with van der Waals surface area (Å²) in [6.45, 7) is 5.50. The van der Waals surface area contributed by atoms with Gasteiger partial charge in [0.2, 0.25) is 0 Å². The second-order valence-corrected chi connectivity index (χ2v) is 8.53. The molecule has 1 heterocycles. The molecule has 0 aliphatic carbocycles. The van der Waals surface area contributed by atoms with Gasteiger partial charge in [-0.05, 0) is 57.0 Å². The van der Waals surface area contributed by atoms with Crippen LogP contribution in [0.1, 0.15) is 38.1 Å². The van der Waals surface area contributed by atoms with Gasteiger partial charge < -0.3 is 15.8 Å². The molecule has 30 heavy (non-hydrogen) atoms. The highest BCUT2D eigenvalue weighted by Crippen LogP contribution is 2.29. The summed E-state index contributed by atoms with van der Waals surface area (Å²) < 4.78 is 5.44. The Balaban J connectivity index is 1.86. The van der Waals surface area contributed by atoms with Crippen molar-refractivity contribution in [3.8, 4) is 11.1 Å². The van der Waals surface area contributed by atoms with Crippen LogP contribution < -0.4 is 11.1 Å². The molecule has 156 valence electrons. The van der Waals surface area contributed by atoms with Gasteiger partial charge in [0.15, 0.2) is 0 Å². The Morgan fingerprint density at radius 3 is 2.50 bits per heavy atom. The molecule has 3 N–H and O–H groups in total. The third-order valence-corrected chi connectivity index (χ3v) is 4.68. The predicted octanol–water partition coefficient (Wildman–Crippen LogP) is 5.79. The number of carbonyl (C=O) groups is 1. The summed E-state index contributed by atoms with van der Waals surface area (Å²) in [4.78, 5) is 17.0. The van der Waals surface area contributed by atoms with Crippen LogP contribution in [0.15, 0.2) is 66.9 Å². The average Bonchev–Trinajstić information content (AvgIpc) is 2.69. The molecule has 0 fully saturated rings. The molecule has 3 rings (SSSR count). The minimum Gasteiger partial charge on any atom is -0.444 e. The maximum atomic E-state index is 12.4. The van der Waals surface area contributed by atoms with Crippen LogP contribution in [-0.2, 0) is 11.2 Å². The van der Waals surface area contributed by atoms with Crippen molar-refractivity contribution in [3.63, 3.8) is 0 Å². The van der Waals surface area contributed by atoms with Crippen molar-refractivity contribution in [2.45, 2.75) is 38.8 Å². The van der Waals surface area contributed by atoms with E-state index in [4.69, 9.17) is 22.1 Å². The average molecular weight is 424 g/mol. The number of pyridine rings is 1. The number of nitrogens with two attached hydrogens (primary N) is 1. The molecule has 0 saturated carbocycles. The van der Waals surface area contributed by atoms with Crippen LogP contribution in [0.4, 0.5) is 10.5 Å². The van der Waals surface area contributed by atoms with Crippen LogP contribution >= 0.6 is 11.6 Å². The molecule has 0 aliphatic rings. The van der Waals surface area contributed by atoms with E-state index in [2.05, 4.69) is 10.3 Å². The quantitative estimate of drug-likeness (QED) is 0.509. The number of halogens is 1. The smallest absolute Gasteiger partial charge is 0.408 e. The molecular weight excluding hydrogens is 398 g/mol. The monoisotopic (exact) mass is 423 g/mol. The zero-order chi connectivity index (χ0) is 21.7.